The van der Waals surface area contributed by atoms with Gasteiger partial charge in [0.2, 0.25) is 0 Å². The number of anilines is 2. The molecule has 2 aliphatic heterocycles. The van der Waals surface area contributed by atoms with Gasteiger partial charge in [-0.1, -0.05) is 23.8 Å². The molecule has 1 amide bonds. The Morgan fingerprint density at radius 1 is 1.19 bits per heavy atom. The molecule has 8 heteroatoms. The van der Waals surface area contributed by atoms with E-state index in [-0.39, 0.29) is 16.9 Å². The van der Waals surface area contributed by atoms with E-state index in [9.17, 15) is 20.1 Å². The first-order valence-corrected chi connectivity index (χ1v) is 10.1. The standard InChI is InChI=1S/C24H19N5O3/c1-15-4-7-18(8-5-15)28-10-2-3-17-11-16(6-9-21(17)28)19(12-25)23-20(13-26)27-29(24(23)32)14-22(30)31/h4-9,11H,2-3,10,14H2,1H3,(H,30,31)/b23-19-. The highest BCUT2D eigenvalue weighted by atomic mass is 16.4. The summed E-state index contributed by atoms with van der Waals surface area (Å²) in [6, 6.07) is 17.6. The number of nitrogens with zero attached hydrogens (tertiary/aromatic N) is 5. The fourth-order valence-electron chi connectivity index (χ4n) is 4.00. The van der Waals surface area contributed by atoms with Gasteiger partial charge in [0.15, 0.2) is 5.71 Å². The molecule has 8 nitrogen and oxygen atoms in total. The summed E-state index contributed by atoms with van der Waals surface area (Å²) >= 11 is 0. The van der Waals surface area contributed by atoms with E-state index in [1.807, 2.05) is 25.1 Å². The van der Waals surface area contributed by atoms with Crippen molar-refractivity contribution in [2.75, 3.05) is 18.0 Å². The Kier molecular flexibility index (Phi) is 5.44. The summed E-state index contributed by atoms with van der Waals surface area (Å²) < 4.78 is 0. The summed E-state index contributed by atoms with van der Waals surface area (Å²) in [5.74, 6) is -2.02. The number of allylic oxidation sites excluding steroid dienone is 1. The van der Waals surface area contributed by atoms with Crippen LogP contribution in [0.3, 0.4) is 0 Å². The van der Waals surface area contributed by atoms with E-state index in [1.165, 1.54) is 5.56 Å². The zero-order valence-electron chi connectivity index (χ0n) is 17.4. The van der Waals surface area contributed by atoms with Crippen LogP contribution in [0.15, 0.2) is 53.1 Å². The first-order valence-electron chi connectivity index (χ1n) is 10.1. The van der Waals surface area contributed by atoms with Gasteiger partial charge in [-0.25, -0.2) is 5.01 Å². The van der Waals surface area contributed by atoms with Crippen LogP contribution in [0.25, 0.3) is 5.57 Å². The number of carboxylic acids is 1. The lowest BCUT2D eigenvalue weighted by atomic mass is 9.92. The van der Waals surface area contributed by atoms with Crippen molar-refractivity contribution in [1.82, 2.24) is 5.01 Å². The third-order valence-corrected chi connectivity index (χ3v) is 5.49. The number of hydrogen-bond acceptors (Lipinski definition) is 6. The third kappa shape index (κ3) is 3.70. The Balaban J connectivity index is 1.76. The molecule has 158 valence electrons. The third-order valence-electron chi connectivity index (χ3n) is 5.49. The predicted octanol–water partition coefficient (Wildman–Crippen LogP) is 3.16. The molecule has 32 heavy (non-hydrogen) atoms. The van der Waals surface area contributed by atoms with Crippen molar-refractivity contribution in [2.45, 2.75) is 19.8 Å². The van der Waals surface area contributed by atoms with Crippen molar-refractivity contribution in [2.24, 2.45) is 5.10 Å². The van der Waals surface area contributed by atoms with Gasteiger partial charge in [-0.3, -0.25) is 9.59 Å². The minimum atomic E-state index is -1.26. The number of nitriles is 2. The zero-order chi connectivity index (χ0) is 22.8. The molecule has 2 aliphatic rings. The van der Waals surface area contributed by atoms with Crippen LogP contribution >= 0.6 is 0 Å². The molecular weight excluding hydrogens is 406 g/mol. The van der Waals surface area contributed by atoms with Crippen molar-refractivity contribution >= 4 is 34.5 Å². The number of rotatable bonds is 4. The molecular formula is C24H19N5O3. The number of carbonyl (C=O) groups is 2. The topological polar surface area (TPSA) is 121 Å². The summed E-state index contributed by atoms with van der Waals surface area (Å²) in [6.07, 6.45) is 1.75. The first-order chi connectivity index (χ1) is 15.4. The van der Waals surface area contributed by atoms with Crippen LogP contribution in [0.1, 0.15) is 23.1 Å². The van der Waals surface area contributed by atoms with E-state index in [2.05, 4.69) is 34.3 Å². The van der Waals surface area contributed by atoms with Gasteiger partial charge >= 0.3 is 5.97 Å². The molecule has 0 aliphatic carbocycles. The summed E-state index contributed by atoms with van der Waals surface area (Å²) in [4.78, 5) is 25.9. The molecule has 0 bridgehead atoms. The Bertz CT molecular complexity index is 1260. The fourth-order valence-corrected chi connectivity index (χ4v) is 4.00. The number of carboxylic acid groups (broad SMARTS) is 1. The normalized spacial score (nSPS) is 16.7. The lowest BCUT2D eigenvalue weighted by Crippen LogP contribution is -2.28. The van der Waals surface area contributed by atoms with Crippen molar-refractivity contribution in [3.05, 3.63) is 64.7 Å². The average Bonchev–Trinajstić information content (AvgIpc) is 3.09. The van der Waals surface area contributed by atoms with Crippen LogP contribution in [0.5, 0.6) is 0 Å². The van der Waals surface area contributed by atoms with Gasteiger partial charge in [-0.15, -0.1) is 0 Å². The quantitative estimate of drug-likeness (QED) is 0.593. The number of carbonyl (C=O) groups excluding carboxylic acids is 1. The summed E-state index contributed by atoms with van der Waals surface area (Å²) in [5.41, 5.74) is 4.42. The zero-order valence-corrected chi connectivity index (χ0v) is 17.4. The minimum Gasteiger partial charge on any atom is -0.480 e. The van der Waals surface area contributed by atoms with Crippen LogP contribution in [0, 0.1) is 29.6 Å². The van der Waals surface area contributed by atoms with E-state index in [1.54, 1.807) is 12.1 Å². The van der Waals surface area contributed by atoms with Crippen molar-refractivity contribution in [1.29, 1.82) is 10.5 Å². The molecule has 0 spiro atoms. The highest BCUT2D eigenvalue weighted by Crippen LogP contribution is 2.36. The molecule has 0 unspecified atom stereocenters. The van der Waals surface area contributed by atoms with Crippen LogP contribution in [-0.2, 0) is 16.0 Å². The second-order valence-electron chi connectivity index (χ2n) is 7.61. The van der Waals surface area contributed by atoms with Crippen molar-refractivity contribution < 1.29 is 14.7 Å². The molecule has 2 heterocycles. The number of hydrazone groups is 1. The highest BCUT2D eigenvalue weighted by Gasteiger charge is 2.35. The number of aliphatic carboxylic acids is 1. The maximum atomic E-state index is 12.7. The SMILES string of the molecule is Cc1ccc(N2CCCc3cc(/C(C#N)=C4\C(=O)N(CC(=O)O)N=C4C#N)ccc32)cc1. The number of aryl methyl sites for hydroxylation is 2. The Hall–Kier alpha value is -4.43. The average molecular weight is 425 g/mol. The van der Waals surface area contributed by atoms with E-state index < -0.39 is 18.4 Å². The van der Waals surface area contributed by atoms with Gasteiger partial charge in [0.25, 0.3) is 5.91 Å². The second kappa shape index (κ2) is 8.37. The monoisotopic (exact) mass is 425 g/mol. The lowest BCUT2D eigenvalue weighted by Gasteiger charge is -2.32. The molecule has 2 aromatic carbocycles. The van der Waals surface area contributed by atoms with Gasteiger partial charge < -0.3 is 10.0 Å². The molecule has 4 rings (SSSR count). The number of fused-ring (bicyclic) bond motifs is 1. The number of benzene rings is 2. The molecule has 0 atom stereocenters. The number of hydrogen-bond donors (Lipinski definition) is 1. The number of amides is 1. The predicted molar refractivity (Wildman–Crippen MR) is 118 cm³/mol. The van der Waals surface area contributed by atoms with E-state index in [4.69, 9.17) is 5.11 Å². The van der Waals surface area contributed by atoms with Gasteiger partial charge in [0, 0.05) is 17.9 Å². The van der Waals surface area contributed by atoms with E-state index >= 15 is 0 Å². The van der Waals surface area contributed by atoms with Crippen LogP contribution < -0.4 is 4.90 Å². The van der Waals surface area contributed by atoms with Crippen LogP contribution in [0.2, 0.25) is 0 Å². The summed E-state index contributed by atoms with van der Waals surface area (Å²) in [5, 5.41) is 32.7. The maximum Gasteiger partial charge on any atom is 0.325 e. The van der Waals surface area contributed by atoms with Crippen LogP contribution in [0.4, 0.5) is 11.4 Å². The highest BCUT2D eigenvalue weighted by molar-refractivity contribution is 6.35. The summed E-state index contributed by atoms with van der Waals surface area (Å²) in [7, 11) is 0. The van der Waals surface area contributed by atoms with Gasteiger partial charge in [-0.05, 0) is 55.2 Å². The smallest absolute Gasteiger partial charge is 0.325 e. The van der Waals surface area contributed by atoms with Crippen molar-refractivity contribution in [3.63, 3.8) is 0 Å². The van der Waals surface area contributed by atoms with E-state index in [0.29, 0.717) is 10.6 Å². The van der Waals surface area contributed by atoms with Crippen molar-refractivity contribution in [3.8, 4) is 12.1 Å². The first kappa shape index (κ1) is 20.8. The molecule has 1 N–H and O–H groups in total. The molecule has 2 aromatic rings. The minimum absolute atomic E-state index is 0.0125. The molecule has 0 aromatic heterocycles. The lowest BCUT2D eigenvalue weighted by molar-refractivity contribution is -0.142. The second-order valence-corrected chi connectivity index (χ2v) is 7.61. The van der Waals surface area contributed by atoms with Crippen LogP contribution in [-0.4, -0.2) is 40.8 Å². The Labute approximate surface area is 184 Å². The maximum absolute atomic E-state index is 12.7. The van der Waals surface area contributed by atoms with Gasteiger partial charge in [-0.2, -0.15) is 15.6 Å². The molecule has 0 saturated heterocycles. The molecule has 0 radical (unpaired) electrons. The molecule has 0 fully saturated rings. The largest absolute Gasteiger partial charge is 0.480 e. The van der Waals surface area contributed by atoms with Gasteiger partial charge in [0.1, 0.15) is 18.7 Å². The summed E-state index contributed by atoms with van der Waals surface area (Å²) in [6.45, 7) is 2.23. The van der Waals surface area contributed by atoms with E-state index in [0.717, 1.165) is 36.3 Å². The van der Waals surface area contributed by atoms with Gasteiger partial charge in [0.05, 0.1) is 11.1 Å². The Morgan fingerprint density at radius 2 is 1.94 bits per heavy atom. The Morgan fingerprint density at radius 3 is 2.59 bits per heavy atom. The molecule has 0 saturated carbocycles. The fraction of sp³-hybridized carbons (Fsp3) is 0.208.